The number of piperidine rings is 1. The summed E-state index contributed by atoms with van der Waals surface area (Å²) >= 11 is 0. The van der Waals surface area contributed by atoms with E-state index in [0.29, 0.717) is 24.5 Å². The molecule has 0 atom stereocenters. The van der Waals surface area contributed by atoms with Crippen molar-refractivity contribution < 1.29 is 31.9 Å². The monoisotopic (exact) mass is 432 g/mol. The van der Waals surface area contributed by atoms with Crippen molar-refractivity contribution in [3.63, 3.8) is 0 Å². The predicted molar refractivity (Wildman–Crippen MR) is 102 cm³/mol. The third-order valence-electron chi connectivity index (χ3n) is 5.90. The molecular formula is C21H28F4N2O3. The molecule has 30 heavy (non-hydrogen) atoms. The summed E-state index contributed by atoms with van der Waals surface area (Å²) in [5, 5.41) is 0. The fraction of sp³-hybridized carbons (Fsp3) is 0.667. The Hall–Kier alpha value is -1.87. The molecule has 1 saturated carbocycles. The number of hydrogen-bond acceptors (Lipinski definition) is 5. The van der Waals surface area contributed by atoms with E-state index in [1.807, 2.05) is 0 Å². The van der Waals surface area contributed by atoms with Gasteiger partial charge in [-0.3, -0.25) is 0 Å². The van der Waals surface area contributed by atoms with Crippen molar-refractivity contribution in [2.75, 3.05) is 19.6 Å². The van der Waals surface area contributed by atoms with E-state index in [2.05, 4.69) is 15.2 Å². The maximum absolute atomic E-state index is 13.0. The van der Waals surface area contributed by atoms with Crippen molar-refractivity contribution in [2.45, 2.75) is 63.3 Å². The van der Waals surface area contributed by atoms with Crippen molar-refractivity contribution in [2.24, 2.45) is 5.92 Å². The minimum absolute atomic E-state index is 0.146. The van der Waals surface area contributed by atoms with E-state index in [1.54, 1.807) is 12.1 Å². The molecule has 1 aliphatic carbocycles. The molecule has 1 heterocycles. The van der Waals surface area contributed by atoms with Crippen LogP contribution in [0.25, 0.3) is 0 Å². The summed E-state index contributed by atoms with van der Waals surface area (Å²) in [6, 6.07) is 5.88. The first-order chi connectivity index (χ1) is 14.3. The molecule has 0 amide bonds. The Morgan fingerprint density at radius 3 is 2.27 bits per heavy atom. The lowest BCUT2D eigenvalue weighted by atomic mass is 9.84. The summed E-state index contributed by atoms with van der Waals surface area (Å²) in [6.45, 7) is 2.90. The van der Waals surface area contributed by atoms with Crippen LogP contribution < -0.4 is 10.2 Å². The summed E-state index contributed by atoms with van der Waals surface area (Å²) in [5.41, 5.74) is 2.27. The number of carbonyl (C=O) groups is 1. The number of hydroxylamine groups is 1. The Kier molecular flexibility index (Phi) is 7.93. The normalized spacial score (nSPS) is 23.9. The van der Waals surface area contributed by atoms with Gasteiger partial charge in [-0.2, -0.15) is 13.2 Å². The van der Waals surface area contributed by atoms with Crippen molar-refractivity contribution in [3.05, 3.63) is 30.1 Å². The summed E-state index contributed by atoms with van der Waals surface area (Å²) in [4.78, 5) is 17.3. The van der Waals surface area contributed by atoms with Crippen molar-refractivity contribution >= 4 is 5.97 Å². The van der Waals surface area contributed by atoms with E-state index in [-0.39, 0.29) is 18.0 Å². The molecule has 0 spiro atoms. The second-order valence-corrected chi connectivity index (χ2v) is 8.12. The average Bonchev–Trinajstić information content (AvgIpc) is 2.73. The lowest BCUT2D eigenvalue weighted by molar-refractivity contribution is -0.209. The highest BCUT2D eigenvalue weighted by atomic mass is 19.4. The van der Waals surface area contributed by atoms with E-state index in [4.69, 9.17) is 4.74 Å². The van der Waals surface area contributed by atoms with Crippen LogP contribution >= 0.6 is 0 Å². The summed E-state index contributed by atoms with van der Waals surface area (Å²) in [6.07, 6.45) is 1.30. The van der Waals surface area contributed by atoms with E-state index >= 15 is 0 Å². The summed E-state index contributed by atoms with van der Waals surface area (Å²) < 4.78 is 55.3. The highest BCUT2D eigenvalue weighted by molar-refractivity contribution is 5.75. The number of ether oxygens (including phenoxy) is 1. The lowest BCUT2D eigenvalue weighted by Gasteiger charge is -2.34. The van der Waals surface area contributed by atoms with Gasteiger partial charge in [0.2, 0.25) is 0 Å². The zero-order chi connectivity index (χ0) is 21.6. The number of benzene rings is 1. The van der Waals surface area contributed by atoms with Gasteiger partial charge in [-0.05, 0) is 81.7 Å². The fourth-order valence-corrected chi connectivity index (χ4v) is 4.09. The number of hydrogen-bond donors (Lipinski definition) is 1. The minimum atomic E-state index is -4.97. The third kappa shape index (κ3) is 7.12. The van der Waals surface area contributed by atoms with Crippen molar-refractivity contribution in [3.8, 4) is 5.75 Å². The average molecular weight is 432 g/mol. The smallest absolute Gasteiger partial charge is 0.490 e. The molecule has 9 heteroatoms. The van der Waals surface area contributed by atoms with Gasteiger partial charge in [-0.1, -0.05) is 0 Å². The van der Waals surface area contributed by atoms with Crippen molar-refractivity contribution in [1.82, 2.24) is 10.4 Å². The van der Waals surface area contributed by atoms with Crippen LogP contribution in [-0.4, -0.2) is 48.8 Å². The number of nitrogens with zero attached hydrogens (tertiary/aromatic N) is 1. The highest BCUT2D eigenvalue weighted by Crippen LogP contribution is 2.28. The maximum Gasteiger partial charge on any atom is 0.492 e. The standard InChI is InChI=1S/C21H28F4N2O3/c22-16-3-7-18(8-4-16)29-19-10-13-27(14-11-19)12-9-15-1-5-17(6-2-15)26-30-20(28)21(23,24)25/h3-4,7-8,15,17,19,26H,1-2,5-6,9-14H2. The molecule has 1 saturated heterocycles. The van der Waals surface area contributed by atoms with Gasteiger partial charge in [-0.15, -0.1) is 5.48 Å². The molecule has 0 aromatic heterocycles. The van der Waals surface area contributed by atoms with Crippen LogP contribution in [0.1, 0.15) is 44.9 Å². The largest absolute Gasteiger partial charge is 0.492 e. The van der Waals surface area contributed by atoms with Crippen LogP contribution in [0.4, 0.5) is 17.6 Å². The van der Waals surface area contributed by atoms with Crippen molar-refractivity contribution in [1.29, 1.82) is 0 Å². The van der Waals surface area contributed by atoms with Gasteiger partial charge < -0.3 is 14.5 Å². The lowest BCUT2D eigenvalue weighted by Crippen LogP contribution is -2.40. The van der Waals surface area contributed by atoms with E-state index < -0.39 is 12.1 Å². The quantitative estimate of drug-likeness (QED) is 0.516. The van der Waals surface area contributed by atoms with E-state index in [9.17, 15) is 22.4 Å². The molecule has 2 fully saturated rings. The van der Waals surface area contributed by atoms with Gasteiger partial charge in [-0.25, -0.2) is 9.18 Å². The van der Waals surface area contributed by atoms with Crippen LogP contribution in [-0.2, 0) is 9.63 Å². The van der Waals surface area contributed by atoms with Gasteiger partial charge in [0, 0.05) is 19.1 Å². The van der Waals surface area contributed by atoms with Gasteiger partial charge in [0.25, 0.3) is 0 Å². The second-order valence-electron chi connectivity index (χ2n) is 8.12. The van der Waals surface area contributed by atoms with E-state index in [0.717, 1.165) is 51.7 Å². The number of alkyl halides is 3. The molecular weight excluding hydrogens is 404 g/mol. The van der Waals surface area contributed by atoms with Gasteiger partial charge in [0.05, 0.1) is 0 Å². The Morgan fingerprint density at radius 1 is 1.03 bits per heavy atom. The Balaban J connectivity index is 1.27. The fourth-order valence-electron chi connectivity index (χ4n) is 4.09. The zero-order valence-corrected chi connectivity index (χ0v) is 16.8. The highest BCUT2D eigenvalue weighted by Gasteiger charge is 2.42. The van der Waals surface area contributed by atoms with Crippen LogP contribution in [0, 0.1) is 11.7 Å². The number of carbonyl (C=O) groups excluding carboxylic acids is 1. The van der Waals surface area contributed by atoms with Gasteiger partial charge in [0.1, 0.15) is 17.7 Å². The number of halogens is 4. The molecule has 3 rings (SSSR count). The molecule has 2 aliphatic rings. The number of rotatable bonds is 7. The predicted octanol–water partition coefficient (Wildman–Crippen LogP) is 4.23. The topological polar surface area (TPSA) is 50.8 Å². The van der Waals surface area contributed by atoms with Gasteiger partial charge >= 0.3 is 12.1 Å². The first-order valence-electron chi connectivity index (χ1n) is 10.5. The second kappa shape index (κ2) is 10.4. The van der Waals surface area contributed by atoms with Crippen LogP contribution in [0.2, 0.25) is 0 Å². The molecule has 1 aromatic rings. The molecule has 1 aliphatic heterocycles. The first kappa shape index (κ1) is 22.8. The van der Waals surface area contributed by atoms with Crippen LogP contribution in [0.3, 0.4) is 0 Å². The van der Waals surface area contributed by atoms with E-state index in [1.165, 1.54) is 12.1 Å². The molecule has 0 bridgehead atoms. The van der Waals surface area contributed by atoms with Crippen LogP contribution in [0.15, 0.2) is 24.3 Å². The summed E-state index contributed by atoms with van der Waals surface area (Å²) in [7, 11) is 0. The molecule has 5 nitrogen and oxygen atoms in total. The SMILES string of the molecule is O=C(ONC1CCC(CCN2CCC(Oc3ccc(F)cc3)CC2)CC1)C(F)(F)F. The Labute approximate surface area is 173 Å². The van der Waals surface area contributed by atoms with Crippen LogP contribution in [0.5, 0.6) is 5.75 Å². The Bertz CT molecular complexity index is 668. The number of nitrogens with one attached hydrogen (secondary N) is 1. The molecule has 0 radical (unpaired) electrons. The molecule has 0 unspecified atom stereocenters. The molecule has 1 aromatic carbocycles. The number of likely N-dealkylation sites (tertiary alicyclic amines) is 1. The minimum Gasteiger partial charge on any atom is -0.490 e. The zero-order valence-electron chi connectivity index (χ0n) is 16.8. The molecule has 168 valence electrons. The molecule has 1 N–H and O–H groups in total. The summed E-state index contributed by atoms with van der Waals surface area (Å²) in [5.74, 6) is -1.24. The maximum atomic E-state index is 13.0. The third-order valence-corrected chi connectivity index (χ3v) is 5.90. The van der Waals surface area contributed by atoms with Gasteiger partial charge in [0.15, 0.2) is 0 Å². The first-order valence-corrected chi connectivity index (χ1v) is 10.5. The Morgan fingerprint density at radius 2 is 1.67 bits per heavy atom.